The lowest BCUT2D eigenvalue weighted by Gasteiger charge is -2.28. The predicted molar refractivity (Wildman–Crippen MR) is 153 cm³/mol. The van der Waals surface area contributed by atoms with Crippen LogP contribution in [-0.4, -0.2) is 69.0 Å². The van der Waals surface area contributed by atoms with E-state index < -0.39 is 12.1 Å². The summed E-state index contributed by atoms with van der Waals surface area (Å²) < 4.78 is 10.8. The topological polar surface area (TPSA) is 105 Å². The number of fused-ring (bicyclic) bond motifs is 2. The first kappa shape index (κ1) is 28.8. The highest BCUT2D eigenvalue weighted by Gasteiger charge is 2.40. The fourth-order valence-corrected chi connectivity index (χ4v) is 5.67. The lowest BCUT2D eigenvalue weighted by Crippen LogP contribution is -2.45. The number of thioether (sulfide) groups is 1. The molecule has 0 unspecified atom stereocenters. The average Bonchev–Trinajstić information content (AvgIpc) is 3.18. The first-order chi connectivity index (χ1) is 19.2. The average molecular weight is 562 g/mol. The van der Waals surface area contributed by atoms with Crippen molar-refractivity contribution in [2.45, 2.75) is 23.2 Å². The molecule has 10 heteroatoms. The predicted octanol–water partition coefficient (Wildman–Crippen LogP) is 3.94. The van der Waals surface area contributed by atoms with Crippen LogP contribution in [0.5, 0.6) is 5.75 Å². The van der Waals surface area contributed by atoms with Crippen molar-refractivity contribution < 1.29 is 28.7 Å². The van der Waals surface area contributed by atoms with Crippen molar-refractivity contribution in [1.29, 1.82) is 0 Å². The highest BCUT2D eigenvalue weighted by molar-refractivity contribution is 7.99. The molecule has 0 saturated carbocycles. The number of methoxy groups -OCH3 is 1. The summed E-state index contributed by atoms with van der Waals surface area (Å²) in [6, 6.07) is 22.1. The number of amides is 3. The zero-order valence-corrected chi connectivity index (χ0v) is 23.6. The quantitative estimate of drug-likeness (QED) is 0.357. The van der Waals surface area contributed by atoms with E-state index in [4.69, 9.17) is 9.47 Å². The molecule has 9 nitrogen and oxygen atoms in total. The Morgan fingerprint density at radius 3 is 2.10 bits per heavy atom. The van der Waals surface area contributed by atoms with Crippen LogP contribution in [0.3, 0.4) is 0 Å². The van der Waals surface area contributed by atoms with Crippen LogP contribution in [-0.2, 0) is 14.3 Å². The number of nitrogens with zero attached hydrogens (tertiary/aromatic N) is 2. The van der Waals surface area contributed by atoms with E-state index >= 15 is 0 Å². The van der Waals surface area contributed by atoms with Gasteiger partial charge in [0.15, 0.2) is 6.10 Å². The normalized spacial score (nSPS) is 17.7. The van der Waals surface area contributed by atoms with Crippen molar-refractivity contribution in [2.24, 2.45) is 0 Å². The molecule has 0 radical (unpaired) electrons. The number of hydrogen-bond acceptors (Lipinski definition) is 8. The Morgan fingerprint density at radius 1 is 0.925 bits per heavy atom. The van der Waals surface area contributed by atoms with Gasteiger partial charge in [-0.25, -0.2) is 0 Å². The van der Waals surface area contributed by atoms with Gasteiger partial charge in [-0.2, -0.15) is 0 Å². The Bertz CT molecular complexity index is 1380. The maximum Gasteiger partial charge on any atom is 0.303 e. The molecule has 3 amide bonds. The standard InChI is InChI=1S/C22H26N2O4S.C8H5NO2/c1-15(25)28-20-21(16-9-11-17(27-4)12-10-16)29-19-8-6-5-7-18(19)24(22(20)26)14-13-23(2)3;10-7-5-3-1-2-4-6(5)8(11)9-7/h5-12,20-21H,13-14H2,1-4H3;1-4H,(H,9,10,11)/t20-,21+;/m1./s1. The van der Waals surface area contributed by atoms with Crippen molar-refractivity contribution in [2.75, 3.05) is 39.2 Å². The number of para-hydroxylation sites is 1. The van der Waals surface area contributed by atoms with E-state index in [1.54, 1.807) is 48.0 Å². The first-order valence-electron chi connectivity index (χ1n) is 12.7. The van der Waals surface area contributed by atoms with Gasteiger partial charge in [-0.15, -0.1) is 11.8 Å². The van der Waals surface area contributed by atoms with E-state index in [0.717, 1.165) is 21.9 Å². The maximum atomic E-state index is 13.6. The van der Waals surface area contributed by atoms with Crippen LogP contribution < -0.4 is 15.0 Å². The van der Waals surface area contributed by atoms with Crippen LogP contribution in [0.2, 0.25) is 0 Å². The van der Waals surface area contributed by atoms with Gasteiger partial charge in [0.05, 0.1) is 29.2 Å². The molecule has 0 fully saturated rings. The lowest BCUT2D eigenvalue weighted by atomic mass is 10.1. The molecular formula is C30H31N3O6S. The number of rotatable bonds is 6. The number of carbonyl (C=O) groups is 4. The molecule has 40 heavy (non-hydrogen) atoms. The number of anilines is 1. The molecule has 0 bridgehead atoms. The molecule has 208 valence electrons. The molecule has 0 spiro atoms. The summed E-state index contributed by atoms with van der Waals surface area (Å²) in [5.74, 6) is -0.548. The van der Waals surface area contributed by atoms with Crippen molar-refractivity contribution in [3.8, 4) is 5.75 Å². The van der Waals surface area contributed by atoms with Crippen LogP contribution in [0.1, 0.15) is 38.5 Å². The van der Waals surface area contributed by atoms with Crippen molar-refractivity contribution in [1.82, 2.24) is 10.2 Å². The number of imide groups is 1. The molecule has 2 aliphatic rings. The Morgan fingerprint density at radius 2 is 1.52 bits per heavy atom. The van der Waals surface area contributed by atoms with E-state index in [-0.39, 0.29) is 23.0 Å². The second-order valence-corrected chi connectivity index (χ2v) is 10.6. The number of esters is 1. The Labute approximate surface area is 237 Å². The molecule has 3 aromatic carbocycles. The summed E-state index contributed by atoms with van der Waals surface area (Å²) in [6.07, 6.45) is -0.916. The summed E-state index contributed by atoms with van der Waals surface area (Å²) in [5.41, 5.74) is 2.69. The van der Waals surface area contributed by atoms with Crippen LogP contribution in [0.4, 0.5) is 5.69 Å². The molecule has 0 aliphatic carbocycles. The summed E-state index contributed by atoms with van der Waals surface area (Å²) in [6.45, 7) is 2.55. The minimum atomic E-state index is -0.916. The zero-order chi connectivity index (χ0) is 28.8. The number of benzene rings is 3. The summed E-state index contributed by atoms with van der Waals surface area (Å²) in [7, 11) is 5.54. The molecule has 2 heterocycles. The summed E-state index contributed by atoms with van der Waals surface area (Å²) in [5, 5.41) is 1.85. The van der Waals surface area contributed by atoms with E-state index in [0.29, 0.717) is 24.2 Å². The van der Waals surface area contributed by atoms with E-state index in [1.165, 1.54) is 6.92 Å². The Balaban J connectivity index is 0.000000278. The largest absolute Gasteiger partial charge is 0.497 e. The fourth-order valence-electron chi connectivity index (χ4n) is 4.36. The summed E-state index contributed by atoms with van der Waals surface area (Å²) in [4.78, 5) is 52.0. The molecular weight excluding hydrogens is 530 g/mol. The third kappa shape index (κ3) is 6.52. The van der Waals surface area contributed by atoms with Gasteiger partial charge in [0.25, 0.3) is 17.7 Å². The van der Waals surface area contributed by atoms with Gasteiger partial charge in [-0.05, 0) is 56.1 Å². The third-order valence-electron chi connectivity index (χ3n) is 6.35. The van der Waals surface area contributed by atoms with Crippen LogP contribution in [0, 0.1) is 0 Å². The van der Waals surface area contributed by atoms with Gasteiger partial charge in [0, 0.05) is 24.9 Å². The number of nitrogens with one attached hydrogen (secondary N) is 1. The highest BCUT2D eigenvalue weighted by Crippen LogP contribution is 2.46. The first-order valence-corrected chi connectivity index (χ1v) is 13.5. The molecule has 0 aromatic heterocycles. The minimum Gasteiger partial charge on any atom is -0.497 e. The molecule has 3 aromatic rings. The van der Waals surface area contributed by atoms with E-state index in [9.17, 15) is 19.2 Å². The molecule has 2 atom stereocenters. The lowest BCUT2D eigenvalue weighted by molar-refractivity contribution is -0.152. The fraction of sp³-hybridized carbons (Fsp3) is 0.267. The van der Waals surface area contributed by atoms with Gasteiger partial charge in [-0.1, -0.05) is 36.4 Å². The van der Waals surface area contributed by atoms with Gasteiger partial charge in [-0.3, -0.25) is 24.5 Å². The third-order valence-corrected chi connectivity index (χ3v) is 7.72. The Hall–Kier alpha value is -4.15. The van der Waals surface area contributed by atoms with Crippen LogP contribution in [0.15, 0.2) is 77.7 Å². The van der Waals surface area contributed by atoms with Gasteiger partial charge in [0.2, 0.25) is 0 Å². The van der Waals surface area contributed by atoms with Crippen LogP contribution >= 0.6 is 11.8 Å². The smallest absolute Gasteiger partial charge is 0.303 e. The van der Waals surface area contributed by atoms with Crippen molar-refractivity contribution in [3.63, 3.8) is 0 Å². The van der Waals surface area contributed by atoms with Crippen LogP contribution in [0.25, 0.3) is 0 Å². The second-order valence-electron chi connectivity index (χ2n) is 9.43. The highest BCUT2D eigenvalue weighted by atomic mass is 32.2. The molecule has 1 N–H and O–H groups in total. The molecule has 2 aliphatic heterocycles. The number of carbonyl (C=O) groups excluding carboxylic acids is 4. The van der Waals surface area contributed by atoms with E-state index in [2.05, 4.69) is 5.32 Å². The second kappa shape index (κ2) is 12.8. The summed E-state index contributed by atoms with van der Waals surface area (Å²) >= 11 is 1.54. The van der Waals surface area contributed by atoms with E-state index in [1.807, 2.05) is 67.5 Å². The number of likely N-dealkylation sites (N-methyl/N-ethyl adjacent to an activating group) is 1. The monoisotopic (exact) mass is 561 g/mol. The van der Waals surface area contributed by atoms with Gasteiger partial charge < -0.3 is 19.3 Å². The Kier molecular flexibility index (Phi) is 9.23. The SMILES string of the molecule is COc1ccc([C@@H]2Sc3ccccc3N(CCN(C)C)C(=O)[C@@H]2OC(C)=O)cc1.O=C1NC(=O)c2ccccc21. The molecule has 0 saturated heterocycles. The number of ether oxygens (including phenoxy) is 2. The van der Waals surface area contributed by atoms with Gasteiger partial charge >= 0.3 is 5.97 Å². The van der Waals surface area contributed by atoms with Gasteiger partial charge in [0.1, 0.15) is 5.75 Å². The van der Waals surface area contributed by atoms with Crippen molar-refractivity contribution in [3.05, 3.63) is 89.5 Å². The number of hydrogen-bond donors (Lipinski definition) is 1. The maximum absolute atomic E-state index is 13.6. The zero-order valence-electron chi connectivity index (χ0n) is 22.7. The molecule has 5 rings (SSSR count). The minimum absolute atomic E-state index is 0.208. The van der Waals surface area contributed by atoms with Crippen molar-refractivity contribution >= 4 is 41.1 Å².